The Morgan fingerprint density at radius 2 is 1.95 bits per heavy atom. The highest BCUT2D eigenvalue weighted by Gasteiger charge is 2.11. The van der Waals surface area contributed by atoms with Crippen LogP contribution in [0.1, 0.15) is 34.1 Å². The average Bonchev–Trinajstić information content (AvgIpc) is 2.31. The van der Waals surface area contributed by atoms with Gasteiger partial charge in [0, 0.05) is 12.5 Å². The summed E-state index contributed by atoms with van der Waals surface area (Å²) in [4.78, 5) is 11.9. The van der Waals surface area contributed by atoms with Crippen LogP contribution in [0.4, 0.5) is 5.69 Å². The lowest BCUT2D eigenvalue weighted by molar-refractivity contribution is -0.116. The normalized spacial score (nSPS) is 12.3. The van der Waals surface area contributed by atoms with Gasteiger partial charge < -0.3 is 15.4 Å². The zero-order valence-electron chi connectivity index (χ0n) is 12.2. The molecule has 0 radical (unpaired) electrons. The van der Waals surface area contributed by atoms with Crippen molar-refractivity contribution >= 4 is 11.6 Å². The van der Waals surface area contributed by atoms with Crippen molar-refractivity contribution in [2.45, 2.75) is 46.3 Å². The molecule has 0 aliphatic rings. The first kappa shape index (κ1) is 15.5. The number of ether oxygens (including phenoxy) is 1. The Kier molecular flexibility index (Phi) is 6.36. The number of amides is 1. The zero-order valence-corrected chi connectivity index (χ0v) is 12.2. The molecule has 0 heterocycles. The van der Waals surface area contributed by atoms with E-state index in [0.717, 1.165) is 12.2 Å². The van der Waals surface area contributed by atoms with E-state index in [1.54, 1.807) is 0 Å². The van der Waals surface area contributed by atoms with Crippen LogP contribution in [0.3, 0.4) is 0 Å². The van der Waals surface area contributed by atoms with E-state index in [2.05, 4.69) is 10.6 Å². The molecule has 0 spiro atoms. The maximum atomic E-state index is 11.9. The van der Waals surface area contributed by atoms with Crippen LogP contribution in [-0.2, 0) is 4.79 Å². The Balaban J connectivity index is 2.63. The van der Waals surface area contributed by atoms with Gasteiger partial charge in [0.2, 0.25) is 5.91 Å². The minimum Gasteiger partial charge on any atom is -0.489 e. The first-order valence-corrected chi connectivity index (χ1v) is 6.81. The van der Waals surface area contributed by atoms with Gasteiger partial charge in [0.25, 0.3) is 0 Å². The Hall–Kier alpha value is -1.55. The number of hydrogen-bond acceptors (Lipinski definition) is 3. The van der Waals surface area contributed by atoms with E-state index in [9.17, 15) is 4.79 Å². The second kappa shape index (κ2) is 7.79. The van der Waals surface area contributed by atoms with E-state index in [1.165, 1.54) is 0 Å². The van der Waals surface area contributed by atoms with Crippen molar-refractivity contribution in [3.8, 4) is 5.75 Å². The largest absolute Gasteiger partial charge is 0.489 e. The van der Waals surface area contributed by atoms with Crippen molar-refractivity contribution in [2.75, 3.05) is 11.9 Å². The van der Waals surface area contributed by atoms with Crippen LogP contribution in [0, 0.1) is 0 Å². The molecule has 0 saturated carbocycles. The van der Waals surface area contributed by atoms with Crippen molar-refractivity contribution in [2.24, 2.45) is 0 Å². The molecular weight excluding hydrogens is 240 g/mol. The monoisotopic (exact) mass is 264 g/mol. The fourth-order valence-corrected chi connectivity index (χ4v) is 1.83. The number of para-hydroxylation sites is 2. The third-order valence-corrected chi connectivity index (χ3v) is 2.57. The number of nitrogens with one attached hydrogen (secondary N) is 2. The third-order valence-electron chi connectivity index (χ3n) is 2.57. The number of carbonyl (C=O) groups is 1. The molecule has 2 N–H and O–H groups in total. The molecule has 1 atom stereocenters. The Labute approximate surface area is 115 Å². The number of hydrogen-bond donors (Lipinski definition) is 2. The van der Waals surface area contributed by atoms with Crippen molar-refractivity contribution in [1.29, 1.82) is 0 Å². The molecule has 1 unspecified atom stereocenters. The van der Waals surface area contributed by atoms with Crippen LogP contribution in [-0.4, -0.2) is 24.6 Å². The lowest BCUT2D eigenvalue weighted by Crippen LogP contribution is -2.30. The predicted molar refractivity (Wildman–Crippen MR) is 78.6 cm³/mol. The molecule has 4 nitrogen and oxygen atoms in total. The number of benzene rings is 1. The van der Waals surface area contributed by atoms with Gasteiger partial charge in [0.05, 0.1) is 11.8 Å². The van der Waals surface area contributed by atoms with E-state index in [4.69, 9.17) is 4.74 Å². The van der Waals surface area contributed by atoms with Gasteiger partial charge >= 0.3 is 0 Å². The summed E-state index contributed by atoms with van der Waals surface area (Å²) in [6, 6.07) is 7.67. The highest BCUT2D eigenvalue weighted by molar-refractivity contribution is 5.92. The molecular formula is C15H24N2O2. The molecule has 4 heteroatoms. The van der Waals surface area contributed by atoms with Crippen LogP contribution in [0.2, 0.25) is 0 Å². The van der Waals surface area contributed by atoms with Gasteiger partial charge in [-0.1, -0.05) is 19.1 Å². The Bertz CT molecular complexity index is 405. The number of rotatable bonds is 7. The summed E-state index contributed by atoms with van der Waals surface area (Å²) < 4.78 is 5.67. The molecule has 0 aliphatic heterocycles. The second-order valence-electron chi connectivity index (χ2n) is 4.87. The summed E-state index contributed by atoms with van der Waals surface area (Å²) in [6.45, 7) is 8.82. The predicted octanol–water partition coefficient (Wildman–Crippen LogP) is 2.80. The van der Waals surface area contributed by atoms with Gasteiger partial charge in [-0.25, -0.2) is 0 Å². The molecule has 0 saturated heterocycles. The molecule has 0 bridgehead atoms. The standard InChI is InChI=1S/C15H24N2O2/c1-5-16-12(4)10-15(18)17-13-8-6-7-9-14(13)19-11(2)3/h6-9,11-12,16H,5,10H2,1-4H3,(H,17,18). The van der Waals surface area contributed by atoms with Crippen LogP contribution in [0.5, 0.6) is 5.75 Å². The van der Waals surface area contributed by atoms with Crippen molar-refractivity contribution < 1.29 is 9.53 Å². The van der Waals surface area contributed by atoms with Crippen LogP contribution < -0.4 is 15.4 Å². The van der Waals surface area contributed by atoms with Gasteiger partial charge in [-0.3, -0.25) is 4.79 Å². The summed E-state index contributed by atoms with van der Waals surface area (Å²) in [5, 5.41) is 6.12. The zero-order chi connectivity index (χ0) is 14.3. The molecule has 1 aromatic rings. The maximum Gasteiger partial charge on any atom is 0.226 e. The SMILES string of the molecule is CCNC(C)CC(=O)Nc1ccccc1OC(C)C. The molecule has 106 valence electrons. The maximum absolute atomic E-state index is 11.9. The molecule has 1 aromatic carbocycles. The summed E-state index contributed by atoms with van der Waals surface area (Å²) in [5.74, 6) is 0.704. The highest BCUT2D eigenvalue weighted by Crippen LogP contribution is 2.24. The topological polar surface area (TPSA) is 50.4 Å². The van der Waals surface area contributed by atoms with Gasteiger partial charge in [-0.15, -0.1) is 0 Å². The Morgan fingerprint density at radius 1 is 1.26 bits per heavy atom. The fourth-order valence-electron chi connectivity index (χ4n) is 1.83. The van der Waals surface area contributed by atoms with E-state index >= 15 is 0 Å². The van der Waals surface area contributed by atoms with Crippen LogP contribution in [0.15, 0.2) is 24.3 Å². The quantitative estimate of drug-likeness (QED) is 0.796. The summed E-state index contributed by atoms with van der Waals surface area (Å²) >= 11 is 0. The number of anilines is 1. The average molecular weight is 264 g/mol. The van der Waals surface area contributed by atoms with Gasteiger partial charge in [0.1, 0.15) is 5.75 Å². The van der Waals surface area contributed by atoms with Crippen LogP contribution >= 0.6 is 0 Å². The molecule has 1 rings (SSSR count). The van der Waals surface area contributed by atoms with Gasteiger partial charge in [-0.05, 0) is 39.4 Å². The second-order valence-corrected chi connectivity index (χ2v) is 4.87. The summed E-state index contributed by atoms with van der Waals surface area (Å²) in [7, 11) is 0. The summed E-state index contributed by atoms with van der Waals surface area (Å²) in [5.41, 5.74) is 0.727. The molecule has 0 fully saturated rings. The molecule has 0 aliphatic carbocycles. The fraction of sp³-hybridized carbons (Fsp3) is 0.533. The third kappa shape index (κ3) is 5.75. The van der Waals surface area contributed by atoms with Crippen molar-refractivity contribution in [1.82, 2.24) is 5.32 Å². The smallest absolute Gasteiger partial charge is 0.226 e. The molecule has 0 aromatic heterocycles. The van der Waals surface area contributed by atoms with Crippen LogP contribution in [0.25, 0.3) is 0 Å². The van der Waals surface area contributed by atoms with E-state index in [1.807, 2.05) is 52.0 Å². The minimum absolute atomic E-state index is 0.00624. The Morgan fingerprint density at radius 3 is 2.58 bits per heavy atom. The van der Waals surface area contributed by atoms with E-state index in [0.29, 0.717) is 12.2 Å². The molecule has 1 amide bonds. The summed E-state index contributed by atoms with van der Waals surface area (Å²) in [6.07, 6.45) is 0.530. The highest BCUT2D eigenvalue weighted by atomic mass is 16.5. The van der Waals surface area contributed by atoms with Gasteiger partial charge in [0.15, 0.2) is 0 Å². The van der Waals surface area contributed by atoms with Gasteiger partial charge in [-0.2, -0.15) is 0 Å². The van der Waals surface area contributed by atoms with Crippen molar-refractivity contribution in [3.63, 3.8) is 0 Å². The first-order valence-electron chi connectivity index (χ1n) is 6.81. The minimum atomic E-state index is -0.00624. The lowest BCUT2D eigenvalue weighted by Gasteiger charge is -2.16. The van der Waals surface area contributed by atoms with E-state index < -0.39 is 0 Å². The number of carbonyl (C=O) groups excluding carboxylic acids is 1. The molecule has 19 heavy (non-hydrogen) atoms. The van der Waals surface area contributed by atoms with E-state index in [-0.39, 0.29) is 18.1 Å². The first-order chi connectivity index (χ1) is 9.02. The van der Waals surface area contributed by atoms with Crippen molar-refractivity contribution in [3.05, 3.63) is 24.3 Å². The lowest BCUT2D eigenvalue weighted by atomic mass is 10.2.